The van der Waals surface area contributed by atoms with Crippen molar-refractivity contribution in [2.75, 3.05) is 13.1 Å². The van der Waals surface area contributed by atoms with Crippen molar-refractivity contribution >= 4 is 24.0 Å². The van der Waals surface area contributed by atoms with Crippen molar-refractivity contribution in [1.29, 1.82) is 0 Å². The molecule has 1 aromatic heterocycles. The van der Waals surface area contributed by atoms with Gasteiger partial charge in [0.25, 0.3) is 0 Å². The minimum Gasteiger partial charge on any atom is -0.337 e. The fraction of sp³-hybridized carbons (Fsp3) is 0.526. The average Bonchev–Trinajstić information content (AvgIpc) is 3.13. The van der Waals surface area contributed by atoms with E-state index in [0.29, 0.717) is 11.5 Å². The molecular weight excluding hydrogens is 374 g/mol. The van der Waals surface area contributed by atoms with Gasteiger partial charge in [0.2, 0.25) is 0 Å². The third-order valence-corrected chi connectivity index (χ3v) is 6.11. The van der Waals surface area contributed by atoms with E-state index in [2.05, 4.69) is 19.8 Å². The molecule has 2 aromatic rings. The Bertz CT molecular complexity index is 758. The van der Waals surface area contributed by atoms with Crippen molar-refractivity contribution in [3.63, 3.8) is 0 Å². The zero-order chi connectivity index (χ0) is 17.4. The van der Waals surface area contributed by atoms with Crippen LogP contribution in [0.5, 0.6) is 0 Å². The summed E-state index contributed by atoms with van der Waals surface area (Å²) in [6.45, 7) is 3.79. The van der Waals surface area contributed by atoms with Crippen LogP contribution in [0.25, 0.3) is 0 Å². The Morgan fingerprint density at radius 2 is 2.12 bits per heavy atom. The maximum atomic E-state index is 13.5. The van der Waals surface area contributed by atoms with Crippen molar-refractivity contribution < 1.29 is 4.39 Å². The predicted octanol–water partition coefficient (Wildman–Crippen LogP) is 3.78. The molecule has 1 atom stereocenters. The number of hydrogen-bond donors (Lipinski definition) is 1. The van der Waals surface area contributed by atoms with Crippen LogP contribution >= 0.6 is 24.0 Å². The Morgan fingerprint density at radius 1 is 1.35 bits per heavy atom. The maximum absolute atomic E-state index is 13.5. The van der Waals surface area contributed by atoms with E-state index in [1.165, 1.54) is 25.3 Å². The number of rotatable bonds is 5. The van der Waals surface area contributed by atoms with Gasteiger partial charge in [0.1, 0.15) is 11.6 Å². The lowest BCUT2D eigenvalue weighted by Crippen LogP contribution is -2.36. The highest BCUT2D eigenvalue weighted by molar-refractivity contribution is 6.30. The number of hydrogen-bond acceptors (Lipinski definition) is 3. The molecule has 1 aliphatic heterocycles. The molecule has 1 N–H and O–H groups in total. The van der Waals surface area contributed by atoms with Gasteiger partial charge in [-0.3, -0.25) is 4.90 Å². The van der Waals surface area contributed by atoms with Gasteiger partial charge in [-0.15, -0.1) is 12.4 Å². The van der Waals surface area contributed by atoms with E-state index in [4.69, 9.17) is 11.6 Å². The first kappa shape index (κ1) is 19.6. The average molecular weight is 399 g/mol. The number of piperidine rings is 1. The van der Waals surface area contributed by atoms with Gasteiger partial charge in [0, 0.05) is 32.0 Å². The molecule has 142 valence electrons. The Hall–Kier alpha value is -1.14. The second kappa shape index (κ2) is 7.85. The van der Waals surface area contributed by atoms with E-state index >= 15 is 0 Å². The molecule has 2 heterocycles. The van der Waals surface area contributed by atoms with Crippen LogP contribution in [0.2, 0.25) is 5.02 Å². The lowest BCUT2D eigenvalue weighted by molar-refractivity contribution is 0.182. The Labute approximate surface area is 165 Å². The smallest absolute Gasteiger partial charge is 0.141 e. The quantitative estimate of drug-likeness (QED) is 0.831. The summed E-state index contributed by atoms with van der Waals surface area (Å²) < 4.78 is 15.6. The van der Waals surface area contributed by atoms with Gasteiger partial charge in [-0.25, -0.2) is 9.37 Å². The summed E-state index contributed by atoms with van der Waals surface area (Å²) in [6, 6.07) is 5.61. The summed E-state index contributed by atoms with van der Waals surface area (Å²) in [6.07, 6.45) is 7.54. The molecule has 0 radical (unpaired) electrons. The number of aryl methyl sites for hydroxylation is 1. The molecule has 1 saturated heterocycles. The number of halogens is 3. The lowest BCUT2D eigenvalue weighted by atomic mass is 9.93. The van der Waals surface area contributed by atoms with Crippen LogP contribution in [0.3, 0.4) is 0 Å². The number of nitrogens with zero attached hydrogens (tertiary/aromatic N) is 3. The monoisotopic (exact) mass is 398 g/mol. The Kier molecular flexibility index (Phi) is 5.92. The summed E-state index contributed by atoms with van der Waals surface area (Å²) in [4.78, 5) is 6.99. The van der Waals surface area contributed by atoms with E-state index in [9.17, 15) is 4.39 Å². The van der Waals surface area contributed by atoms with Gasteiger partial charge in [0.15, 0.2) is 0 Å². The first-order chi connectivity index (χ1) is 12.1. The van der Waals surface area contributed by atoms with E-state index < -0.39 is 0 Å². The summed E-state index contributed by atoms with van der Waals surface area (Å²) in [5.41, 5.74) is 1.50. The van der Waals surface area contributed by atoms with Crippen molar-refractivity contribution in [3.8, 4) is 0 Å². The van der Waals surface area contributed by atoms with Crippen LogP contribution in [0.4, 0.5) is 4.39 Å². The molecule has 1 unspecified atom stereocenters. The molecule has 2 fully saturated rings. The predicted molar refractivity (Wildman–Crippen MR) is 104 cm³/mol. The molecule has 1 saturated carbocycles. The Balaban J connectivity index is 0.00000196. The molecule has 1 aromatic carbocycles. The van der Waals surface area contributed by atoms with Crippen LogP contribution in [-0.2, 0) is 20.1 Å². The molecule has 2 aliphatic rings. The van der Waals surface area contributed by atoms with E-state index in [0.717, 1.165) is 37.6 Å². The van der Waals surface area contributed by atoms with Gasteiger partial charge in [-0.2, -0.15) is 0 Å². The highest BCUT2D eigenvalue weighted by Crippen LogP contribution is 2.56. The second-order valence-corrected chi connectivity index (χ2v) is 7.85. The third kappa shape index (κ3) is 3.91. The summed E-state index contributed by atoms with van der Waals surface area (Å²) in [5.74, 6) is 0.700. The van der Waals surface area contributed by atoms with Crippen LogP contribution in [-0.4, -0.2) is 33.6 Å². The Morgan fingerprint density at radius 3 is 2.77 bits per heavy atom. The number of nitrogens with one attached hydrogen (secondary N) is 1. The highest BCUT2D eigenvalue weighted by atomic mass is 35.5. The number of benzene rings is 1. The summed E-state index contributed by atoms with van der Waals surface area (Å²) >= 11 is 5.98. The van der Waals surface area contributed by atoms with Gasteiger partial charge in [-0.05, 0) is 55.5 Å². The zero-order valence-corrected chi connectivity index (χ0v) is 16.5. The molecular formula is C19H25Cl2FN4. The fourth-order valence-corrected chi connectivity index (χ4v) is 4.39. The molecule has 26 heavy (non-hydrogen) atoms. The minimum absolute atomic E-state index is 0. The highest BCUT2D eigenvalue weighted by Gasteiger charge is 2.56. The van der Waals surface area contributed by atoms with E-state index in [1.54, 1.807) is 6.07 Å². The maximum Gasteiger partial charge on any atom is 0.141 e. The fourth-order valence-electron chi connectivity index (χ4n) is 4.18. The second-order valence-electron chi connectivity index (χ2n) is 7.44. The van der Waals surface area contributed by atoms with Crippen LogP contribution in [0.15, 0.2) is 30.6 Å². The first-order valence-corrected chi connectivity index (χ1v) is 9.30. The van der Waals surface area contributed by atoms with Gasteiger partial charge < -0.3 is 9.88 Å². The largest absolute Gasteiger partial charge is 0.337 e. The molecule has 0 bridgehead atoms. The minimum atomic E-state index is -0.359. The number of aromatic nitrogens is 2. The van der Waals surface area contributed by atoms with Crippen molar-refractivity contribution in [1.82, 2.24) is 19.8 Å². The molecule has 7 heteroatoms. The lowest BCUT2D eigenvalue weighted by Gasteiger charge is -2.29. The summed E-state index contributed by atoms with van der Waals surface area (Å²) in [7, 11) is 2.03. The van der Waals surface area contributed by atoms with Crippen LogP contribution in [0, 0.1) is 11.2 Å². The first-order valence-electron chi connectivity index (χ1n) is 8.92. The SMILES string of the molecule is Cl.Cn1ccnc1CN(Cc1ccc(F)c(Cl)c1)C1CC12CCNCC2. The zero-order valence-electron chi connectivity index (χ0n) is 14.9. The molecule has 4 nitrogen and oxygen atoms in total. The van der Waals surface area contributed by atoms with Gasteiger partial charge in [0.05, 0.1) is 11.6 Å². The van der Waals surface area contributed by atoms with E-state index in [-0.39, 0.29) is 23.2 Å². The number of imidazole rings is 1. The summed E-state index contributed by atoms with van der Waals surface area (Å²) in [5, 5.41) is 3.66. The molecule has 0 amide bonds. The van der Waals surface area contributed by atoms with Gasteiger partial charge >= 0.3 is 0 Å². The standard InChI is InChI=1S/C19H24ClFN4.ClH/c1-24-9-8-23-18(24)13-25(12-14-2-3-16(21)15(20)10-14)17-11-19(17)4-6-22-7-5-19;/h2-3,8-10,17,22H,4-7,11-13H2,1H3;1H. The molecule has 1 spiro atoms. The van der Waals surface area contributed by atoms with Crippen LogP contribution < -0.4 is 5.32 Å². The topological polar surface area (TPSA) is 33.1 Å². The van der Waals surface area contributed by atoms with Crippen LogP contribution in [0.1, 0.15) is 30.7 Å². The molecule has 4 rings (SSSR count). The van der Waals surface area contributed by atoms with Crippen molar-refractivity contribution in [2.45, 2.75) is 38.4 Å². The van der Waals surface area contributed by atoms with Crippen molar-refractivity contribution in [2.24, 2.45) is 12.5 Å². The normalized spacial score (nSPS) is 21.0. The van der Waals surface area contributed by atoms with Crippen molar-refractivity contribution in [3.05, 3.63) is 52.8 Å². The third-order valence-electron chi connectivity index (χ3n) is 5.82. The molecule has 1 aliphatic carbocycles. The van der Waals surface area contributed by atoms with Gasteiger partial charge in [-0.1, -0.05) is 17.7 Å². The van der Waals surface area contributed by atoms with E-state index in [1.807, 2.05) is 25.5 Å².